The van der Waals surface area contributed by atoms with E-state index in [-0.39, 0.29) is 0 Å². The zero-order valence-electron chi connectivity index (χ0n) is 17.8. The molecule has 0 amide bonds. The van der Waals surface area contributed by atoms with Crippen LogP contribution in [0.1, 0.15) is 30.4 Å². The van der Waals surface area contributed by atoms with Crippen molar-refractivity contribution in [2.45, 2.75) is 38.6 Å². The highest BCUT2D eigenvalue weighted by Gasteiger charge is 2.18. The Balaban J connectivity index is 1.51. The Labute approximate surface area is 175 Å². The van der Waals surface area contributed by atoms with Gasteiger partial charge in [-0.25, -0.2) is 0 Å². The first-order valence-electron chi connectivity index (χ1n) is 10.6. The molecule has 3 rings (SSSR count). The second kappa shape index (κ2) is 10.9. The maximum Gasteiger partial charge on any atom is 0.119 e. The van der Waals surface area contributed by atoms with E-state index in [0.29, 0.717) is 12.6 Å². The van der Waals surface area contributed by atoms with E-state index in [1.165, 1.54) is 37.1 Å². The molecular weight excluding hydrogens is 360 g/mol. The Morgan fingerprint density at radius 1 is 1.03 bits per heavy atom. The third-order valence-corrected chi connectivity index (χ3v) is 5.42. The molecule has 1 N–H and O–H groups in total. The molecule has 156 valence electrons. The van der Waals surface area contributed by atoms with Crippen molar-refractivity contribution in [3.8, 4) is 11.5 Å². The minimum absolute atomic E-state index is 0.341. The standard InChI is InChI=1S/C25H34N2O2/c1-20-6-10-25(11-7-20)29-17-14-21(2)26-23(19-27-15-4-5-16-27)18-22-8-12-24(28-3)13-9-22/h6-13,23,26H,2,4-5,14-19H2,1,3H3/t23-/m0/s1. The lowest BCUT2D eigenvalue weighted by atomic mass is 10.0. The molecule has 1 heterocycles. The van der Waals surface area contributed by atoms with Gasteiger partial charge in [0.2, 0.25) is 0 Å². The lowest BCUT2D eigenvalue weighted by molar-refractivity contribution is 0.288. The van der Waals surface area contributed by atoms with Crippen LogP contribution in [0.2, 0.25) is 0 Å². The SMILES string of the molecule is C=C(CCOc1ccc(C)cc1)N[C@@H](Cc1ccc(OC)cc1)CN1CCCC1. The summed E-state index contributed by atoms with van der Waals surface area (Å²) in [6.07, 6.45) is 4.38. The summed E-state index contributed by atoms with van der Waals surface area (Å²) in [6, 6.07) is 16.9. The van der Waals surface area contributed by atoms with Crippen LogP contribution >= 0.6 is 0 Å². The second-order valence-electron chi connectivity index (χ2n) is 7.92. The van der Waals surface area contributed by atoms with E-state index in [0.717, 1.165) is 36.6 Å². The largest absolute Gasteiger partial charge is 0.497 e. The van der Waals surface area contributed by atoms with Crippen molar-refractivity contribution in [3.05, 3.63) is 71.9 Å². The summed E-state index contributed by atoms with van der Waals surface area (Å²) < 4.78 is 11.1. The van der Waals surface area contributed by atoms with Crippen molar-refractivity contribution in [1.82, 2.24) is 10.2 Å². The summed E-state index contributed by atoms with van der Waals surface area (Å²) in [4.78, 5) is 2.55. The Hall–Kier alpha value is -2.46. The number of rotatable bonds is 11. The molecule has 1 atom stereocenters. The molecule has 2 aromatic rings. The Morgan fingerprint density at radius 3 is 2.34 bits per heavy atom. The van der Waals surface area contributed by atoms with Crippen LogP contribution in [0, 0.1) is 6.92 Å². The number of likely N-dealkylation sites (tertiary alicyclic amines) is 1. The average Bonchev–Trinajstić information content (AvgIpc) is 3.23. The van der Waals surface area contributed by atoms with Crippen molar-refractivity contribution in [3.63, 3.8) is 0 Å². The van der Waals surface area contributed by atoms with E-state index in [9.17, 15) is 0 Å². The topological polar surface area (TPSA) is 33.7 Å². The molecule has 29 heavy (non-hydrogen) atoms. The normalized spacial score (nSPS) is 15.1. The molecule has 0 saturated carbocycles. The summed E-state index contributed by atoms with van der Waals surface area (Å²) in [6.45, 7) is 10.4. The molecule has 0 aromatic heterocycles. The van der Waals surface area contributed by atoms with Crippen LogP contribution in [-0.4, -0.2) is 44.3 Å². The molecule has 1 fully saturated rings. The summed E-state index contributed by atoms with van der Waals surface area (Å²) in [5, 5.41) is 3.67. The van der Waals surface area contributed by atoms with Crippen LogP contribution in [0.5, 0.6) is 11.5 Å². The molecular formula is C25H34N2O2. The molecule has 4 heteroatoms. The average molecular weight is 395 g/mol. The maximum atomic E-state index is 5.87. The molecule has 0 radical (unpaired) electrons. The predicted molar refractivity (Wildman–Crippen MR) is 120 cm³/mol. The molecule has 0 spiro atoms. The number of hydrogen-bond acceptors (Lipinski definition) is 4. The smallest absolute Gasteiger partial charge is 0.119 e. The van der Waals surface area contributed by atoms with Crippen molar-refractivity contribution in [2.24, 2.45) is 0 Å². The monoisotopic (exact) mass is 394 g/mol. The minimum Gasteiger partial charge on any atom is -0.497 e. The van der Waals surface area contributed by atoms with Crippen LogP contribution in [0.3, 0.4) is 0 Å². The van der Waals surface area contributed by atoms with Crippen LogP contribution < -0.4 is 14.8 Å². The number of nitrogens with one attached hydrogen (secondary N) is 1. The molecule has 1 saturated heterocycles. The summed E-state index contributed by atoms with van der Waals surface area (Å²) in [7, 11) is 1.70. The van der Waals surface area contributed by atoms with Crippen molar-refractivity contribution < 1.29 is 9.47 Å². The van der Waals surface area contributed by atoms with Gasteiger partial charge in [0, 0.05) is 24.7 Å². The Kier molecular flexibility index (Phi) is 8.00. The highest BCUT2D eigenvalue weighted by atomic mass is 16.5. The van der Waals surface area contributed by atoms with Crippen LogP contribution in [0.4, 0.5) is 0 Å². The first-order valence-corrected chi connectivity index (χ1v) is 10.6. The molecule has 0 unspecified atom stereocenters. The number of hydrogen-bond donors (Lipinski definition) is 1. The highest BCUT2D eigenvalue weighted by Crippen LogP contribution is 2.16. The lowest BCUT2D eigenvalue weighted by Gasteiger charge is -2.26. The number of benzene rings is 2. The van der Waals surface area contributed by atoms with Gasteiger partial charge in [0.1, 0.15) is 11.5 Å². The minimum atomic E-state index is 0.341. The van der Waals surface area contributed by atoms with Gasteiger partial charge >= 0.3 is 0 Å². The van der Waals surface area contributed by atoms with Crippen molar-refractivity contribution in [2.75, 3.05) is 33.4 Å². The Morgan fingerprint density at radius 2 is 1.69 bits per heavy atom. The van der Waals surface area contributed by atoms with Gasteiger partial charge in [0.05, 0.1) is 13.7 Å². The van der Waals surface area contributed by atoms with Crippen molar-refractivity contribution >= 4 is 0 Å². The van der Waals surface area contributed by atoms with Gasteiger partial charge in [-0.15, -0.1) is 0 Å². The van der Waals surface area contributed by atoms with Gasteiger partial charge in [-0.3, -0.25) is 0 Å². The molecule has 1 aliphatic heterocycles. The number of nitrogens with zero attached hydrogens (tertiary/aromatic N) is 1. The van der Waals surface area contributed by atoms with E-state index >= 15 is 0 Å². The zero-order chi connectivity index (χ0) is 20.5. The number of methoxy groups -OCH3 is 1. The maximum absolute atomic E-state index is 5.87. The van der Waals surface area contributed by atoms with Crippen molar-refractivity contribution in [1.29, 1.82) is 0 Å². The summed E-state index contributed by atoms with van der Waals surface area (Å²) in [5.74, 6) is 1.81. The fraction of sp³-hybridized carbons (Fsp3) is 0.440. The summed E-state index contributed by atoms with van der Waals surface area (Å²) in [5.41, 5.74) is 3.59. The first kappa shape index (κ1) is 21.3. The van der Waals surface area contributed by atoms with Gasteiger partial charge in [-0.1, -0.05) is 36.4 Å². The molecule has 2 aromatic carbocycles. The highest BCUT2D eigenvalue weighted by molar-refractivity contribution is 5.28. The van der Waals surface area contributed by atoms with Gasteiger partial charge in [0.15, 0.2) is 0 Å². The third kappa shape index (κ3) is 7.13. The fourth-order valence-corrected chi connectivity index (χ4v) is 3.77. The molecule has 0 aliphatic carbocycles. The fourth-order valence-electron chi connectivity index (χ4n) is 3.77. The second-order valence-corrected chi connectivity index (χ2v) is 7.92. The molecule has 0 bridgehead atoms. The third-order valence-electron chi connectivity index (χ3n) is 5.42. The predicted octanol–water partition coefficient (Wildman–Crippen LogP) is 4.58. The first-order chi connectivity index (χ1) is 14.1. The Bertz CT molecular complexity index is 749. The summed E-state index contributed by atoms with van der Waals surface area (Å²) >= 11 is 0. The quantitative estimate of drug-likeness (QED) is 0.605. The van der Waals surface area contributed by atoms with Crippen LogP contribution in [0.25, 0.3) is 0 Å². The molecule has 1 aliphatic rings. The van der Waals surface area contributed by atoms with Gasteiger partial charge in [-0.05, 0) is 69.1 Å². The van der Waals surface area contributed by atoms with E-state index in [1.807, 2.05) is 24.3 Å². The van der Waals surface area contributed by atoms with Gasteiger partial charge in [-0.2, -0.15) is 0 Å². The van der Waals surface area contributed by atoms with Crippen LogP contribution in [0.15, 0.2) is 60.8 Å². The van der Waals surface area contributed by atoms with E-state index < -0.39 is 0 Å². The number of ether oxygens (including phenoxy) is 2. The zero-order valence-corrected chi connectivity index (χ0v) is 17.8. The van der Waals surface area contributed by atoms with Crippen LogP contribution in [-0.2, 0) is 6.42 Å². The lowest BCUT2D eigenvalue weighted by Crippen LogP contribution is -2.41. The van der Waals surface area contributed by atoms with Gasteiger partial charge in [0.25, 0.3) is 0 Å². The molecule has 4 nitrogen and oxygen atoms in total. The van der Waals surface area contributed by atoms with E-state index in [2.05, 4.69) is 48.0 Å². The number of aryl methyl sites for hydroxylation is 1. The van der Waals surface area contributed by atoms with E-state index in [1.54, 1.807) is 7.11 Å². The van der Waals surface area contributed by atoms with Gasteiger partial charge < -0.3 is 19.7 Å². The van der Waals surface area contributed by atoms with E-state index in [4.69, 9.17) is 9.47 Å².